The number of aryl methyl sites for hydroxylation is 3. The number of anilines is 1. The predicted molar refractivity (Wildman–Crippen MR) is 63.5 cm³/mol. The highest BCUT2D eigenvalue weighted by Gasteiger charge is 2.09. The van der Waals surface area contributed by atoms with Crippen molar-refractivity contribution in [3.05, 3.63) is 30.1 Å². The van der Waals surface area contributed by atoms with E-state index < -0.39 is 0 Å². The molecule has 1 amide bonds. The van der Waals surface area contributed by atoms with Crippen molar-refractivity contribution in [1.82, 2.24) is 19.7 Å². The Morgan fingerprint density at radius 3 is 2.94 bits per heavy atom. The summed E-state index contributed by atoms with van der Waals surface area (Å²) in [6.45, 7) is 4.36. The van der Waals surface area contributed by atoms with Crippen LogP contribution >= 0.6 is 0 Å². The lowest BCUT2D eigenvalue weighted by Crippen LogP contribution is -2.14. The zero-order chi connectivity index (χ0) is 12.3. The summed E-state index contributed by atoms with van der Waals surface area (Å²) in [4.78, 5) is 15.6. The average Bonchev–Trinajstić information content (AvgIpc) is 2.91. The van der Waals surface area contributed by atoms with E-state index in [4.69, 9.17) is 0 Å². The molecule has 6 heteroatoms. The minimum Gasteiger partial charge on any atom is -0.337 e. The van der Waals surface area contributed by atoms with Gasteiger partial charge in [-0.1, -0.05) is 0 Å². The van der Waals surface area contributed by atoms with Crippen molar-refractivity contribution in [3.63, 3.8) is 0 Å². The van der Waals surface area contributed by atoms with Gasteiger partial charge in [0.1, 0.15) is 0 Å². The molecular formula is C11H15N5O. The topological polar surface area (TPSA) is 75.6 Å². The Morgan fingerprint density at radius 2 is 2.35 bits per heavy atom. The van der Waals surface area contributed by atoms with Gasteiger partial charge in [0.2, 0.25) is 5.91 Å². The van der Waals surface area contributed by atoms with E-state index in [9.17, 15) is 4.79 Å². The second kappa shape index (κ2) is 4.82. The van der Waals surface area contributed by atoms with E-state index in [2.05, 4.69) is 20.5 Å². The van der Waals surface area contributed by atoms with Gasteiger partial charge >= 0.3 is 0 Å². The number of nitrogens with one attached hydrogen (secondary N) is 2. The second-order valence-corrected chi connectivity index (χ2v) is 3.91. The normalized spacial score (nSPS) is 10.5. The van der Waals surface area contributed by atoms with Crippen molar-refractivity contribution in [2.24, 2.45) is 0 Å². The predicted octanol–water partition coefficient (Wildman–Crippen LogP) is 1.25. The van der Waals surface area contributed by atoms with Gasteiger partial charge < -0.3 is 9.88 Å². The number of nitrogens with zero attached hydrogens (tertiary/aromatic N) is 3. The molecule has 2 heterocycles. The Morgan fingerprint density at radius 1 is 1.53 bits per heavy atom. The van der Waals surface area contributed by atoms with Gasteiger partial charge in [-0.3, -0.25) is 9.89 Å². The summed E-state index contributed by atoms with van der Waals surface area (Å²) in [7, 11) is 0. The fourth-order valence-electron chi connectivity index (χ4n) is 1.59. The summed E-state index contributed by atoms with van der Waals surface area (Å²) < 4.78 is 1.87. The summed E-state index contributed by atoms with van der Waals surface area (Å²) in [5.74, 6) is -0.0219. The summed E-state index contributed by atoms with van der Waals surface area (Å²) in [5.41, 5.74) is 2.46. The lowest BCUT2D eigenvalue weighted by atomic mass is 10.3. The summed E-state index contributed by atoms with van der Waals surface area (Å²) in [6, 6.07) is 0. The van der Waals surface area contributed by atoms with Crippen LogP contribution in [0.5, 0.6) is 0 Å². The van der Waals surface area contributed by atoms with E-state index in [1.165, 1.54) is 0 Å². The van der Waals surface area contributed by atoms with Gasteiger partial charge in [-0.25, -0.2) is 4.98 Å². The average molecular weight is 233 g/mol. The first-order chi connectivity index (χ1) is 8.16. The quantitative estimate of drug-likeness (QED) is 0.834. The van der Waals surface area contributed by atoms with E-state index in [0.717, 1.165) is 17.1 Å². The maximum atomic E-state index is 11.7. The molecule has 0 bridgehead atoms. The number of H-pyrrole nitrogens is 1. The van der Waals surface area contributed by atoms with Crippen molar-refractivity contribution in [3.8, 4) is 0 Å². The van der Waals surface area contributed by atoms with Gasteiger partial charge in [-0.2, -0.15) is 5.10 Å². The number of rotatable bonds is 4. The molecule has 0 unspecified atom stereocenters. The first-order valence-corrected chi connectivity index (χ1v) is 5.44. The van der Waals surface area contributed by atoms with Crippen LogP contribution in [-0.2, 0) is 11.3 Å². The van der Waals surface area contributed by atoms with Crippen LogP contribution in [-0.4, -0.2) is 25.7 Å². The number of aromatic amines is 1. The van der Waals surface area contributed by atoms with Gasteiger partial charge in [0, 0.05) is 25.4 Å². The van der Waals surface area contributed by atoms with Crippen LogP contribution in [0.4, 0.5) is 5.69 Å². The Labute approximate surface area is 99.1 Å². The molecule has 0 aliphatic rings. The molecule has 90 valence electrons. The van der Waals surface area contributed by atoms with Crippen LogP contribution < -0.4 is 5.32 Å². The van der Waals surface area contributed by atoms with Crippen molar-refractivity contribution in [2.75, 3.05) is 5.32 Å². The molecule has 0 saturated heterocycles. The molecule has 2 aromatic rings. The number of hydrogen-bond donors (Lipinski definition) is 2. The molecule has 0 aliphatic carbocycles. The largest absolute Gasteiger partial charge is 0.337 e. The zero-order valence-corrected chi connectivity index (χ0v) is 9.90. The molecule has 2 N–H and O–H groups in total. The van der Waals surface area contributed by atoms with Crippen molar-refractivity contribution in [2.45, 2.75) is 26.8 Å². The Balaban J connectivity index is 1.89. The number of imidazole rings is 1. The number of aromatic nitrogens is 4. The number of hydrogen-bond acceptors (Lipinski definition) is 3. The summed E-state index contributed by atoms with van der Waals surface area (Å²) >= 11 is 0. The van der Waals surface area contributed by atoms with Gasteiger partial charge in [0.15, 0.2) is 0 Å². The van der Waals surface area contributed by atoms with E-state index in [-0.39, 0.29) is 5.91 Å². The molecule has 17 heavy (non-hydrogen) atoms. The molecule has 0 fully saturated rings. The van der Waals surface area contributed by atoms with Crippen molar-refractivity contribution < 1.29 is 4.79 Å². The molecule has 2 rings (SSSR count). The molecule has 0 spiro atoms. The van der Waals surface area contributed by atoms with Crippen LogP contribution in [0, 0.1) is 13.8 Å². The maximum Gasteiger partial charge on any atom is 0.226 e. The fraction of sp³-hybridized carbons (Fsp3) is 0.364. The number of carbonyl (C=O) groups is 1. The van der Waals surface area contributed by atoms with E-state index in [1.54, 1.807) is 12.5 Å². The Bertz CT molecular complexity index is 480. The van der Waals surface area contributed by atoms with E-state index >= 15 is 0 Å². The maximum absolute atomic E-state index is 11.7. The van der Waals surface area contributed by atoms with Crippen LogP contribution in [0.2, 0.25) is 0 Å². The van der Waals surface area contributed by atoms with Crippen LogP contribution in [0.25, 0.3) is 0 Å². The Hall–Kier alpha value is -2.11. The monoisotopic (exact) mass is 233 g/mol. The highest BCUT2D eigenvalue weighted by molar-refractivity contribution is 5.91. The molecular weight excluding hydrogens is 218 g/mol. The minimum absolute atomic E-state index is 0.0219. The van der Waals surface area contributed by atoms with Gasteiger partial charge in [-0.05, 0) is 13.8 Å². The lowest BCUT2D eigenvalue weighted by molar-refractivity contribution is -0.116. The first-order valence-electron chi connectivity index (χ1n) is 5.44. The zero-order valence-electron chi connectivity index (χ0n) is 9.90. The third-order valence-electron chi connectivity index (χ3n) is 2.55. The molecule has 0 radical (unpaired) electrons. The number of carbonyl (C=O) groups excluding carboxylic acids is 1. The molecule has 0 atom stereocenters. The molecule has 0 saturated carbocycles. The van der Waals surface area contributed by atoms with Gasteiger partial charge in [0.05, 0.1) is 23.4 Å². The number of amides is 1. The summed E-state index contributed by atoms with van der Waals surface area (Å²) in [6.07, 6.45) is 5.64. The van der Waals surface area contributed by atoms with E-state index in [0.29, 0.717) is 13.0 Å². The van der Waals surface area contributed by atoms with Crippen LogP contribution in [0.15, 0.2) is 18.7 Å². The molecule has 2 aromatic heterocycles. The highest BCUT2D eigenvalue weighted by atomic mass is 16.1. The smallest absolute Gasteiger partial charge is 0.226 e. The first kappa shape index (κ1) is 11.4. The van der Waals surface area contributed by atoms with E-state index in [1.807, 2.05) is 24.6 Å². The van der Waals surface area contributed by atoms with Crippen LogP contribution in [0.1, 0.15) is 17.8 Å². The minimum atomic E-state index is -0.0219. The van der Waals surface area contributed by atoms with Gasteiger partial charge in [0.25, 0.3) is 0 Å². The molecule has 0 aromatic carbocycles. The van der Waals surface area contributed by atoms with Crippen LogP contribution in [0.3, 0.4) is 0 Å². The standard InChI is InChI=1S/C11H15N5O/c1-8-11(9(2)15-14-8)13-10(17)3-5-16-6-4-12-7-16/h4,6-7H,3,5H2,1-2H3,(H,13,17)(H,14,15). The Kier molecular flexibility index (Phi) is 3.22. The van der Waals surface area contributed by atoms with Crippen molar-refractivity contribution >= 4 is 11.6 Å². The summed E-state index contributed by atoms with van der Waals surface area (Å²) in [5, 5.41) is 9.71. The lowest BCUT2D eigenvalue weighted by Gasteiger charge is -2.05. The second-order valence-electron chi connectivity index (χ2n) is 3.91. The third-order valence-corrected chi connectivity index (χ3v) is 2.55. The van der Waals surface area contributed by atoms with Gasteiger partial charge in [-0.15, -0.1) is 0 Å². The third kappa shape index (κ3) is 2.72. The van der Waals surface area contributed by atoms with Crippen molar-refractivity contribution in [1.29, 1.82) is 0 Å². The molecule has 6 nitrogen and oxygen atoms in total. The SMILES string of the molecule is Cc1n[nH]c(C)c1NC(=O)CCn1ccnc1. The highest BCUT2D eigenvalue weighted by Crippen LogP contribution is 2.16. The molecule has 0 aliphatic heterocycles. The fourth-order valence-corrected chi connectivity index (χ4v) is 1.59.